The van der Waals surface area contributed by atoms with Crippen molar-refractivity contribution in [3.8, 4) is 0 Å². The number of halogens is 1. The maximum absolute atomic E-state index is 8.82. The summed E-state index contributed by atoms with van der Waals surface area (Å²) in [6.07, 6.45) is 3.19. The standard InChI is InChI=1S/C8H10ClN3O/c9-7-1-10-2-8(11-7)12-3-6(4-12)5-13/h1-2,6,13H,3-5H2. The molecule has 1 saturated heterocycles. The van der Waals surface area contributed by atoms with Crippen LogP contribution in [0.15, 0.2) is 12.4 Å². The van der Waals surface area contributed by atoms with Gasteiger partial charge in [-0.3, -0.25) is 4.98 Å². The third-order valence-corrected chi connectivity index (χ3v) is 2.31. The highest BCUT2D eigenvalue weighted by Gasteiger charge is 2.26. The molecule has 0 aromatic carbocycles. The molecule has 0 aliphatic carbocycles. The van der Waals surface area contributed by atoms with Crippen molar-refractivity contribution in [2.45, 2.75) is 0 Å². The fourth-order valence-electron chi connectivity index (χ4n) is 1.36. The number of hydrogen-bond acceptors (Lipinski definition) is 4. The van der Waals surface area contributed by atoms with Crippen LogP contribution in [-0.4, -0.2) is 34.8 Å². The van der Waals surface area contributed by atoms with Crippen LogP contribution in [0, 0.1) is 5.92 Å². The largest absolute Gasteiger partial charge is 0.396 e. The number of nitrogens with zero attached hydrogens (tertiary/aromatic N) is 3. The van der Waals surface area contributed by atoms with Gasteiger partial charge in [0, 0.05) is 25.6 Å². The Bertz CT molecular complexity index is 301. The van der Waals surface area contributed by atoms with Gasteiger partial charge in [0.15, 0.2) is 0 Å². The second kappa shape index (κ2) is 3.47. The van der Waals surface area contributed by atoms with Crippen LogP contribution < -0.4 is 4.90 Å². The Hall–Kier alpha value is -0.870. The van der Waals surface area contributed by atoms with E-state index in [0.717, 1.165) is 18.9 Å². The fourth-order valence-corrected chi connectivity index (χ4v) is 1.50. The summed E-state index contributed by atoms with van der Waals surface area (Å²) in [5.74, 6) is 1.16. The summed E-state index contributed by atoms with van der Waals surface area (Å²) in [6, 6.07) is 0. The first-order chi connectivity index (χ1) is 6.29. The summed E-state index contributed by atoms with van der Waals surface area (Å²) in [5.41, 5.74) is 0. The zero-order chi connectivity index (χ0) is 9.26. The molecule has 5 heteroatoms. The molecule has 1 aliphatic rings. The predicted octanol–water partition coefficient (Wildman–Crippen LogP) is 0.558. The van der Waals surface area contributed by atoms with Gasteiger partial charge in [-0.2, -0.15) is 0 Å². The zero-order valence-corrected chi connectivity index (χ0v) is 7.78. The summed E-state index contributed by atoms with van der Waals surface area (Å²) in [7, 11) is 0. The van der Waals surface area contributed by atoms with E-state index >= 15 is 0 Å². The van der Waals surface area contributed by atoms with Gasteiger partial charge in [-0.25, -0.2) is 4.98 Å². The molecule has 1 aliphatic heterocycles. The molecule has 0 spiro atoms. The van der Waals surface area contributed by atoms with Gasteiger partial charge in [0.1, 0.15) is 11.0 Å². The van der Waals surface area contributed by atoms with E-state index in [-0.39, 0.29) is 6.61 Å². The Morgan fingerprint density at radius 3 is 2.92 bits per heavy atom. The number of anilines is 1. The first-order valence-corrected chi connectivity index (χ1v) is 4.50. The lowest BCUT2D eigenvalue weighted by Crippen LogP contribution is -2.48. The van der Waals surface area contributed by atoms with Crippen LogP contribution in [0.1, 0.15) is 0 Å². The topological polar surface area (TPSA) is 49.2 Å². The maximum atomic E-state index is 8.82. The lowest BCUT2D eigenvalue weighted by atomic mass is 10.0. The van der Waals surface area contributed by atoms with E-state index < -0.39 is 0 Å². The van der Waals surface area contributed by atoms with E-state index in [1.54, 1.807) is 6.20 Å². The van der Waals surface area contributed by atoms with Gasteiger partial charge in [0.2, 0.25) is 0 Å². The Labute approximate surface area is 81.2 Å². The van der Waals surface area contributed by atoms with Crippen molar-refractivity contribution < 1.29 is 5.11 Å². The Balaban J connectivity index is 2.03. The molecule has 70 valence electrons. The van der Waals surface area contributed by atoms with E-state index in [1.165, 1.54) is 6.20 Å². The number of rotatable bonds is 2. The van der Waals surface area contributed by atoms with Gasteiger partial charge in [-0.1, -0.05) is 11.6 Å². The fraction of sp³-hybridized carbons (Fsp3) is 0.500. The maximum Gasteiger partial charge on any atom is 0.149 e. The summed E-state index contributed by atoms with van der Waals surface area (Å²) in [5, 5.41) is 9.22. The number of aliphatic hydroxyl groups is 1. The van der Waals surface area contributed by atoms with Crippen molar-refractivity contribution in [3.05, 3.63) is 17.5 Å². The minimum atomic E-state index is 0.241. The van der Waals surface area contributed by atoms with Crippen molar-refractivity contribution in [2.75, 3.05) is 24.6 Å². The molecule has 2 rings (SSSR count). The van der Waals surface area contributed by atoms with Crippen molar-refractivity contribution in [2.24, 2.45) is 5.92 Å². The highest BCUT2D eigenvalue weighted by molar-refractivity contribution is 6.29. The lowest BCUT2D eigenvalue weighted by Gasteiger charge is -2.38. The third kappa shape index (κ3) is 1.73. The van der Waals surface area contributed by atoms with Crippen LogP contribution in [0.25, 0.3) is 0 Å². The molecule has 0 unspecified atom stereocenters. The SMILES string of the molecule is OCC1CN(c2cncc(Cl)n2)C1. The molecular weight excluding hydrogens is 190 g/mol. The van der Waals surface area contributed by atoms with Gasteiger partial charge in [0.25, 0.3) is 0 Å². The van der Waals surface area contributed by atoms with Crippen LogP contribution in [0.3, 0.4) is 0 Å². The minimum absolute atomic E-state index is 0.241. The van der Waals surface area contributed by atoms with E-state index in [0.29, 0.717) is 11.1 Å². The highest BCUT2D eigenvalue weighted by atomic mass is 35.5. The Morgan fingerprint density at radius 1 is 1.54 bits per heavy atom. The predicted molar refractivity (Wildman–Crippen MR) is 49.8 cm³/mol. The average Bonchev–Trinajstić information content (AvgIpc) is 2.02. The normalized spacial score (nSPS) is 17.2. The molecule has 0 amide bonds. The molecule has 2 heterocycles. The molecule has 1 aromatic rings. The number of aliphatic hydroxyl groups excluding tert-OH is 1. The van der Waals surface area contributed by atoms with E-state index in [2.05, 4.69) is 9.97 Å². The molecule has 1 fully saturated rings. The van der Waals surface area contributed by atoms with Gasteiger partial charge in [0.05, 0.1) is 12.4 Å². The van der Waals surface area contributed by atoms with Crippen LogP contribution >= 0.6 is 11.6 Å². The summed E-state index contributed by atoms with van der Waals surface area (Å²) in [6.45, 7) is 1.92. The Kier molecular flexibility index (Phi) is 2.33. The van der Waals surface area contributed by atoms with E-state index in [4.69, 9.17) is 16.7 Å². The van der Waals surface area contributed by atoms with Gasteiger partial charge in [-0.05, 0) is 0 Å². The van der Waals surface area contributed by atoms with Crippen LogP contribution in [0.5, 0.6) is 0 Å². The van der Waals surface area contributed by atoms with E-state index in [1.807, 2.05) is 4.90 Å². The highest BCUT2D eigenvalue weighted by Crippen LogP contribution is 2.22. The second-order valence-corrected chi connectivity index (χ2v) is 3.54. The molecule has 0 bridgehead atoms. The molecule has 1 aromatic heterocycles. The first-order valence-electron chi connectivity index (χ1n) is 4.13. The molecule has 0 saturated carbocycles. The number of hydrogen-bond donors (Lipinski definition) is 1. The average molecular weight is 200 g/mol. The van der Waals surface area contributed by atoms with Crippen LogP contribution in [0.4, 0.5) is 5.82 Å². The zero-order valence-electron chi connectivity index (χ0n) is 7.02. The van der Waals surface area contributed by atoms with Crippen molar-refractivity contribution in [1.82, 2.24) is 9.97 Å². The molecule has 0 radical (unpaired) electrons. The minimum Gasteiger partial charge on any atom is -0.396 e. The van der Waals surface area contributed by atoms with Gasteiger partial charge in [-0.15, -0.1) is 0 Å². The summed E-state index contributed by atoms with van der Waals surface area (Å²) >= 11 is 5.69. The molecule has 4 nitrogen and oxygen atoms in total. The lowest BCUT2D eigenvalue weighted by molar-refractivity contribution is 0.200. The molecule has 13 heavy (non-hydrogen) atoms. The van der Waals surface area contributed by atoms with Crippen molar-refractivity contribution in [1.29, 1.82) is 0 Å². The van der Waals surface area contributed by atoms with Crippen molar-refractivity contribution in [3.63, 3.8) is 0 Å². The second-order valence-electron chi connectivity index (χ2n) is 3.15. The van der Waals surface area contributed by atoms with Crippen LogP contribution in [-0.2, 0) is 0 Å². The summed E-state index contributed by atoms with van der Waals surface area (Å²) in [4.78, 5) is 10.1. The third-order valence-electron chi connectivity index (χ3n) is 2.13. The quantitative estimate of drug-likeness (QED) is 0.756. The first kappa shape index (κ1) is 8.72. The molecule has 0 atom stereocenters. The molecular formula is C8H10ClN3O. The summed E-state index contributed by atoms with van der Waals surface area (Å²) < 4.78 is 0. The van der Waals surface area contributed by atoms with Gasteiger partial charge < -0.3 is 10.0 Å². The molecule has 1 N–H and O–H groups in total. The smallest absolute Gasteiger partial charge is 0.149 e. The Morgan fingerprint density at radius 2 is 2.31 bits per heavy atom. The van der Waals surface area contributed by atoms with E-state index in [9.17, 15) is 0 Å². The van der Waals surface area contributed by atoms with Gasteiger partial charge >= 0.3 is 0 Å². The van der Waals surface area contributed by atoms with Crippen LogP contribution in [0.2, 0.25) is 5.15 Å². The monoisotopic (exact) mass is 199 g/mol. The van der Waals surface area contributed by atoms with Crippen molar-refractivity contribution >= 4 is 17.4 Å². The number of aromatic nitrogens is 2.